The van der Waals surface area contributed by atoms with Crippen LogP contribution in [-0.4, -0.2) is 15.7 Å². The molecule has 25 heavy (non-hydrogen) atoms. The smallest absolute Gasteiger partial charge is 0.298 e. The van der Waals surface area contributed by atoms with Crippen LogP contribution in [-0.2, 0) is 4.79 Å². The third-order valence-electron chi connectivity index (χ3n) is 4.49. The number of rotatable bonds is 3. The van der Waals surface area contributed by atoms with E-state index >= 15 is 0 Å². The molecule has 4 rings (SSSR count). The van der Waals surface area contributed by atoms with Gasteiger partial charge in [-0.1, -0.05) is 55.1 Å². The minimum absolute atomic E-state index is 0.0727. The summed E-state index contributed by atoms with van der Waals surface area (Å²) in [6.07, 6.45) is 1.89. The number of aromatic nitrogens is 1. The van der Waals surface area contributed by atoms with Gasteiger partial charge in [0.1, 0.15) is 0 Å². The van der Waals surface area contributed by atoms with Crippen LogP contribution in [0.15, 0.2) is 72.3 Å². The van der Waals surface area contributed by atoms with Crippen LogP contribution in [0.4, 0.5) is 10.5 Å². The van der Waals surface area contributed by atoms with Crippen LogP contribution in [0.1, 0.15) is 18.5 Å². The summed E-state index contributed by atoms with van der Waals surface area (Å²) in [6.45, 7) is 5.78. The maximum atomic E-state index is 12.4. The van der Waals surface area contributed by atoms with E-state index in [-0.39, 0.29) is 22.1 Å². The number of nitrogens with zero attached hydrogens (tertiary/aromatic N) is 2. The van der Waals surface area contributed by atoms with E-state index in [1.54, 1.807) is 0 Å². The number of anilines is 1. The molecule has 4 nitrogen and oxygen atoms in total. The molecule has 0 spiro atoms. The zero-order chi connectivity index (χ0) is 17.6. The van der Waals surface area contributed by atoms with E-state index in [0.717, 1.165) is 28.2 Å². The van der Waals surface area contributed by atoms with Crippen molar-refractivity contribution in [2.45, 2.75) is 13.0 Å². The van der Waals surface area contributed by atoms with Crippen molar-refractivity contribution in [2.75, 3.05) is 4.90 Å². The normalized spacial score (nSPS) is 16.0. The maximum absolute atomic E-state index is 12.4. The molecule has 1 unspecified atom stereocenters. The molecular formula is C20H16N2O2S. The van der Waals surface area contributed by atoms with Gasteiger partial charge in [-0.05, 0) is 30.3 Å². The number of imide groups is 1. The zero-order valence-corrected chi connectivity index (χ0v) is 14.5. The summed E-state index contributed by atoms with van der Waals surface area (Å²) >= 11 is 0.888. The Bertz CT molecular complexity index is 1010. The Morgan fingerprint density at radius 2 is 1.68 bits per heavy atom. The summed E-state index contributed by atoms with van der Waals surface area (Å²) in [4.78, 5) is 26.2. The van der Waals surface area contributed by atoms with E-state index in [2.05, 4.69) is 30.2 Å². The molecule has 0 saturated carbocycles. The second kappa shape index (κ2) is 5.93. The summed E-state index contributed by atoms with van der Waals surface area (Å²) in [7, 11) is 0. The SMILES string of the molecule is C=C1SC(=O)N(c2cn(C(C)c3ccccc3)c3ccccc23)C1=O. The molecular weight excluding hydrogens is 332 g/mol. The van der Waals surface area contributed by atoms with Crippen molar-refractivity contribution in [2.24, 2.45) is 0 Å². The second-order valence-corrected chi connectivity index (χ2v) is 7.00. The van der Waals surface area contributed by atoms with E-state index in [1.807, 2.05) is 48.7 Å². The van der Waals surface area contributed by atoms with Crippen molar-refractivity contribution >= 4 is 39.5 Å². The van der Waals surface area contributed by atoms with Crippen LogP contribution in [0, 0.1) is 0 Å². The van der Waals surface area contributed by atoms with Crippen LogP contribution in [0.25, 0.3) is 10.9 Å². The number of amides is 2. The molecule has 0 bridgehead atoms. The first kappa shape index (κ1) is 15.7. The predicted octanol–water partition coefficient (Wildman–Crippen LogP) is 4.96. The number of benzene rings is 2. The fourth-order valence-corrected chi connectivity index (χ4v) is 3.85. The van der Waals surface area contributed by atoms with Crippen LogP contribution >= 0.6 is 11.8 Å². The molecule has 1 fully saturated rings. The first-order valence-corrected chi connectivity index (χ1v) is 8.79. The predicted molar refractivity (Wildman–Crippen MR) is 102 cm³/mol. The molecule has 1 aliphatic rings. The lowest BCUT2D eigenvalue weighted by atomic mass is 10.1. The summed E-state index contributed by atoms with van der Waals surface area (Å²) in [5.74, 6) is -0.342. The third-order valence-corrected chi connectivity index (χ3v) is 5.27. The molecule has 5 heteroatoms. The van der Waals surface area contributed by atoms with Gasteiger partial charge in [0.05, 0.1) is 22.2 Å². The standard InChI is InChI=1S/C20H16N2O2S/c1-13(15-8-4-3-5-9-15)21-12-18(16-10-6-7-11-17(16)21)22-19(23)14(2)25-20(22)24/h3-13H,2H2,1H3. The lowest BCUT2D eigenvalue weighted by molar-refractivity contribution is -0.113. The van der Waals surface area contributed by atoms with Gasteiger partial charge in [0.2, 0.25) is 0 Å². The number of thioether (sulfide) groups is 1. The van der Waals surface area contributed by atoms with Crippen molar-refractivity contribution in [3.63, 3.8) is 0 Å². The minimum atomic E-state index is -0.342. The van der Waals surface area contributed by atoms with E-state index in [9.17, 15) is 9.59 Å². The average Bonchev–Trinajstić information content (AvgIpc) is 3.12. The van der Waals surface area contributed by atoms with E-state index in [0.29, 0.717) is 5.69 Å². The average molecular weight is 348 g/mol. The van der Waals surface area contributed by atoms with Crippen molar-refractivity contribution in [3.05, 3.63) is 77.8 Å². The lowest BCUT2D eigenvalue weighted by Crippen LogP contribution is -2.27. The minimum Gasteiger partial charge on any atom is -0.338 e. The molecule has 124 valence electrons. The molecule has 1 aliphatic heterocycles. The van der Waals surface area contributed by atoms with Gasteiger partial charge in [0.15, 0.2) is 0 Å². The Kier molecular flexibility index (Phi) is 3.73. The van der Waals surface area contributed by atoms with Crippen molar-refractivity contribution in [1.82, 2.24) is 4.57 Å². The zero-order valence-electron chi connectivity index (χ0n) is 13.7. The third kappa shape index (κ3) is 2.48. The number of fused-ring (bicyclic) bond motifs is 1. The van der Waals surface area contributed by atoms with E-state index in [4.69, 9.17) is 0 Å². The van der Waals surface area contributed by atoms with Gasteiger partial charge in [0, 0.05) is 11.6 Å². The number of para-hydroxylation sites is 1. The molecule has 0 radical (unpaired) electrons. The van der Waals surface area contributed by atoms with Crippen molar-refractivity contribution in [1.29, 1.82) is 0 Å². The fourth-order valence-electron chi connectivity index (χ4n) is 3.19. The Hall–Kier alpha value is -2.79. The maximum Gasteiger partial charge on any atom is 0.298 e. The molecule has 2 amide bonds. The highest BCUT2D eigenvalue weighted by Crippen LogP contribution is 2.39. The Morgan fingerprint density at radius 1 is 1.00 bits per heavy atom. The Morgan fingerprint density at radius 3 is 2.36 bits per heavy atom. The van der Waals surface area contributed by atoms with Gasteiger partial charge in [-0.15, -0.1) is 0 Å². The first-order chi connectivity index (χ1) is 12.1. The Labute approximate surface area is 149 Å². The molecule has 0 N–H and O–H groups in total. The molecule has 1 atom stereocenters. The van der Waals surface area contributed by atoms with Crippen molar-refractivity contribution in [3.8, 4) is 0 Å². The van der Waals surface area contributed by atoms with E-state index in [1.165, 1.54) is 4.90 Å². The van der Waals surface area contributed by atoms with Crippen LogP contribution < -0.4 is 4.90 Å². The van der Waals surface area contributed by atoms with Gasteiger partial charge >= 0.3 is 0 Å². The number of carbonyl (C=O) groups is 2. The monoisotopic (exact) mass is 348 g/mol. The second-order valence-electron chi connectivity index (χ2n) is 5.96. The number of carbonyl (C=O) groups excluding carboxylic acids is 2. The number of hydrogen-bond donors (Lipinski definition) is 0. The van der Waals surface area contributed by atoms with Gasteiger partial charge in [0.25, 0.3) is 11.1 Å². The first-order valence-electron chi connectivity index (χ1n) is 7.97. The summed E-state index contributed by atoms with van der Waals surface area (Å²) < 4.78 is 2.10. The lowest BCUT2D eigenvalue weighted by Gasteiger charge is -2.16. The van der Waals surface area contributed by atoms with Gasteiger partial charge in [-0.25, -0.2) is 4.90 Å². The topological polar surface area (TPSA) is 42.3 Å². The van der Waals surface area contributed by atoms with Crippen LogP contribution in [0.3, 0.4) is 0 Å². The quantitative estimate of drug-likeness (QED) is 0.628. The Balaban J connectivity index is 1.89. The molecule has 3 aromatic rings. The number of hydrogen-bond acceptors (Lipinski definition) is 3. The van der Waals surface area contributed by atoms with Gasteiger partial charge in [-0.3, -0.25) is 9.59 Å². The van der Waals surface area contributed by atoms with Gasteiger partial charge < -0.3 is 4.57 Å². The summed E-state index contributed by atoms with van der Waals surface area (Å²) in [5, 5.41) is 0.576. The molecule has 0 aliphatic carbocycles. The molecule has 2 heterocycles. The van der Waals surface area contributed by atoms with E-state index < -0.39 is 0 Å². The highest BCUT2D eigenvalue weighted by Gasteiger charge is 2.37. The van der Waals surface area contributed by atoms with Crippen molar-refractivity contribution < 1.29 is 9.59 Å². The molecule has 2 aromatic carbocycles. The molecule has 1 aromatic heterocycles. The summed E-state index contributed by atoms with van der Waals surface area (Å²) in [5.41, 5.74) is 2.75. The fraction of sp³-hybridized carbons (Fsp3) is 0.100. The highest BCUT2D eigenvalue weighted by molar-refractivity contribution is 8.18. The summed E-state index contributed by atoms with van der Waals surface area (Å²) in [6, 6.07) is 18.0. The van der Waals surface area contributed by atoms with Crippen LogP contribution in [0.5, 0.6) is 0 Å². The highest BCUT2D eigenvalue weighted by atomic mass is 32.2. The van der Waals surface area contributed by atoms with Gasteiger partial charge in [-0.2, -0.15) is 0 Å². The largest absolute Gasteiger partial charge is 0.338 e. The molecule has 1 saturated heterocycles. The van der Waals surface area contributed by atoms with Crippen LogP contribution in [0.2, 0.25) is 0 Å².